The Morgan fingerprint density at radius 2 is 1.82 bits per heavy atom. The molecule has 3 aromatic rings. The number of nitrogens with zero attached hydrogens (tertiary/aromatic N) is 2. The van der Waals surface area contributed by atoms with Gasteiger partial charge in [-0.3, -0.25) is 14.8 Å². The number of para-hydroxylation sites is 2. The standard InChI is InChI=1S/C18H18N4O4S2/c1-3-16-20-21-18(27-16)19-17(23)12-8-10-13(11-9-12)28(24,25)22-14-6-4-5-7-15(14)26-2/h4-11,22H,3H2,1-2H3,(H,19,21,23). The zero-order valence-corrected chi connectivity index (χ0v) is 16.8. The zero-order chi connectivity index (χ0) is 20.1. The van der Waals surface area contributed by atoms with Crippen LogP contribution in [0.15, 0.2) is 53.4 Å². The number of anilines is 2. The van der Waals surface area contributed by atoms with Crippen molar-refractivity contribution in [2.24, 2.45) is 0 Å². The zero-order valence-electron chi connectivity index (χ0n) is 15.2. The SMILES string of the molecule is CCc1nnc(NC(=O)c2ccc(S(=O)(=O)Nc3ccccc3OC)cc2)s1. The van der Waals surface area contributed by atoms with Crippen LogP contribution in [0, 0.1) is 0 Å². The van der Waals surface area contributed by atoms with Gasteiger partial charge in [0, 0.05) is 5.56 Å². The fourth-order valence-corrected chi connectivity index (χ4v) is 4.08. The number of aryl methyl sites for hydroxylation is 1. The summed E-state index contributed by atoms with van der Waals surface area (Å²) < 4.78 is 32.8. The largest absolute Gasteiger partial charge is 0.495 e. The number of carbonyl (C=O) groups is 1. The highest BCUT2D eigenvalue weighted by atomic mass is 32.2. The third-order valence-electron chi connectivity index (χ3n) is 3.77. The average Bonchev–Trinajstić information content (AvgIpc) is 3.16. The fourth-order valence-electron chi connectivity index (χ4n) is 2.33. The lowest BCUT2D eigenvalue weighted by atomic mass is 10.2. The molecular formula is C18H18N4O4S2. The third kappa shape index (κ3) is 4.46. The molecule has 10 heteroatoms. The molecular weight excluding hydrogens is 400 g/mol. The molecule has 0 saturated heterocycles. The number of sulfonamides is 1. The summed E-state index contributed by atoms with van der Waals surface area (Å²) in [6.07, 6.45) is 0.735. The van der Waals surface area contributed by atoms with E-state index in [-0.39, 0.29) is 10.8 Å². The van der Waals surface area contributed by atoms with Gasteiger partial charge in [-0.1, -0.05) is 30.4 Å². The minimum Gasteiger partial charge on any atom is -0.495 e. The molecule has 146 valence electrons. The number of ether oxygens (including phenoxy) is 1. The van der Waals surface area contributed by atoms with E-state index in [1.54, 1.807) is 24.3 Å². The van der Waals surface area contributed by atoms with Gasteiger partial charge in [-0.2, -0.15) is 0 Å². The molecule has 0 aliphatic heterocycles. The second kappa shape index (κ2) is 8.36. The van der Waals surface area contributed by atoms with Gasteiger partial charge < -0.3 is 4.74 Å². The first-order chi connectivity index (χ1) is 13.4. The first kappa shape index (κ1) is 19.8. The van der Waals surface area contributed by atoms with Crippen LogP contribution in [-0.2, 0) is 16.4 Å². The van der Waals surface area contributed by atoms with E-state index in [9.17, 15) is 13.2 Å². The van der Waals surface area contributed by atoms with Crippen molar-refractivity contribution < 1.29 is 17.9 Å². The Hall–Kier alpha value is -2.98. The van der Waals surface area contributed by atoms with Gasteiger partial charge in [0.15, 0.2) is 0 Å². The van der Waals surface area contributed by atoms with Gasteiger partial charge in [-0.05, 0) is 42.8 Å². The highest BCUT2D eigenvalue weighted by molar-refractivity contribution is 7.92. The molecule has 1 amide bonds. The topological polar surface area (TPSA) is 110 Å². The number of carbonyl (C=O) groups excluding carboxylic acids is 1. The van der Waals surface area contributed by atoms with Crippen molar-refractivity contribution in [3.05, 3.63) is 59.1 Å². The molecule has 0 atom stereocenters. The highest BCUT2D eigenvalue weighted by Gasteiger charge is 2.17. The highest BCUT2D eigenvalue weighted by Crippen LogP contribution is 2.26. The van der Waals surface area contributed by atoms with E-state index in [1.807, 2.05) is 6.92 Å². The molecule has 0 spiro atoms. The Morgan fingerprint density at radius 1 is 1.11 bits per heavy atom. The van der Waals surface area contributed by atoms with E-state index in [2.05, 4.69) is 20.2 Å². The van der Waals surface area contributed by atoms with Crippen molar-refractivity contribution in [2.45, 2.75) is 18.2 Å². The molecule has 0 fully saturated rings. The van der Waals surface area contributed by atoms with E-state index < -0.39 is 10.0 Å². The number of methoxy groups -OCH3 is 1. The van der Waals surface area contributed by atoms with Gasteiger partial charge in [-0.15, -0.1) is 10.2 Å². The molecule has 2 N–H and O–H groups in total. The molecule has 3 rings (SSSR count). The lowest BCUT2D eigenvalue weighted by molar-refractivity contribution is 0.102. The Kier molecular flexibility index (Phi) is 5.90. The quantitative estimate of drug-likeness (QED) is 0.610. The van der Waals surface area contributed by atoms with Crippen LogP contribution in [0.25, 0.3) is 0 Å². The lowest BCUT2D eigenvalue weighted by Gasteiger charge is -2.11. The van der Waals surface area contributed by atoms with Gasteiger partial charge in [0.25, 0.3) is 15.9 Å². The molecule has 0 aliphatic carbocycles. The molecule has 0 radical (unpaired) electrons. The number of nitrogens with one attached hydrogen (secondary N) is 2. The normalized spacial score (nSPS) is 11.1. The Balaban J connectivity index is 1.74. The summed E-state index contributed by atoms with van der Waals surface area (Å²) in [4.78, 5) is 12.3. The van der Waals surface area contributed by atoms with Crippen LogP contribution in [0.5, 0.6) is 5.75 Å². The van der Waals surface area contributed by atoms with E-state index in [0.29, 0.717) is 22.1 Å². The number of hydrogen-bond donors (Lipinski definition) is 2. The summed E-state index contributed by atoms with van der Waals surface area (Å²) in [5.41, 5.74) is 0.638. The lowest BCUT2D eigenvalue weighted by Crippen LogP contribution is -2.15. The van der Waals surface area contributed by atoms with Crippen LogP contribution in [0.2, 0.25) is 0 Å². The number of hydrogen-bond acceptors (Lipinski definition) is 7. The summed E-state index contributed by atoms with van der Waals surface area (Å²) in [5, 5.41) is 11.7. The van der Waals surface area contributed by atoms with E-state index >= 15 is 0 Å². The maximum absolute atomic E-state index is 12.6. The maximum atomic E-state index is 12.6. The van der Waals surface area contributed by atoms with Crippen LogP contribution >= 0.6 is 11.3 Å². The van der Waals surface area contributed by atoms with Crippen LogP contribution < -0.4 is 14.8 Å². The maximum Gasteiger partial charge on any atom is 0.262 e. The molecule has 28 heavy (non-hydrogen) atoms. The molecule has 1 heterocycles. The first-order valence-electron chi connectivity index (χ1n) is 8.32. The monoisotopic (exact) mass is 418 g/mol. The van der Waals surface area contributed by atoms with Crippen LogP contribution in [0.3, 0.4) is 0 Å². The van der Waals surface area contributed by atoms with Gasteiger partial charge in [0.2, 0.25) is 5.13 Å². The summed E-state index contributed by atoms with van der Waals surface area (Å²) in [7, 11) is -2.37. The van der Waals surface area contributed by atoms with Crippen LogP contribution in [-0.4, -0.2) is 31.6 Å². The van der Waals surface area contributed by atoms with Crippen LogP contribution in [0.1, 0.15) is 22.3 Å². The summed E-state index contributed by atoms with van der Waals surface area (Å²) in [5.74, 6) is 0.0195. The average molecular weight is 419 g/mol. The predicted octanol–water partition coefficient (Wildman–Crippen LogP) is 3.16. The summed E-state index contributed by atoms with van der Waals surface area (Å²) >= 11 is 1.30. The molecule has 8 nitrogen and oxygen atoms in total. The Bertz CT molecular complexity index is 1080. The number of aromatic nitrogens is 2. The molecule has 0 saturated carbocycles. The van der Waals surface area contributed by atoms with E-state index in [4.69, 9.17) is 4.74 Å². The van der Waals surface area contributed by atoms with Crippen molar-refractivity contribution in [3.63, 3.8) is 0 Å². The van der Waals surface area contributed by atoms with Crippen molar-refractivity contribution in [1.82, 2.24) is 10.2 Å². The second-order valence-corrected chi connectivity index (χ2v) is 8.38. The van der Waals surface area contributed by atoms with Gasteiger partial charge in [-0.25, -0.2) is 8.42 Å². The van der Waals surface area contributed by atoms with Gasteiger partial charge in [0.1, 0.15) is 10.8 Å². The Labute approximate surface area is 166 Å². The summed E-state index contributed by atoms with van der Waals surface area (Å²) in [6.45, 7) is 1.95. The number of benzene rings is 2. The minimum absolute atomic E-state index is 0.0270. The van der Waals surface area contributed by atoms with Crippen molar-refractivity contribution >= 4 is 38.1 Å². The van der Waals surface area contributed by atoms with Crippen molar-refractivity contribution in [3.8, 4) is 5.75 Å². The predicted molar refractivity (Wildman–Crippen MR) is 107 cm³/mol. The number of amides is 1. The molecule has 2 aromatic carbocycles. The number of rotatable bonds is 7. The van der Waals surface area contributed by atoms with E-state index in [0.717, 1.165) is 11.4 Å². The first-order valence-corrected chi connectivity index (χ1v) is 10.6. The molecule has 0 unspecified atom stereocenters. The van der Waals surface area contributed by atoms with Crippen LogP contribution in [0.4, 0.5) is 10.8 Å². The third-order valence-corrected chi connectivity index (χ3v) is 6.13. The van der Waals surface area contributed by atoms with Crippen molar-refractivity contribution in [1.29, 1.82) is 0 Å². The fraction of sp³-hybridized carbons (Fsp3) is 0.167. The second-order valence-electron chi connectivity index (χ2n) is 5.64. The Morgan fingerprint density at radius 3 is 2.46 bits per heavy atom. The molecule has 1 aromatic heterocycles. The minimum atomic E-state index is -3.83. The van der Waals surface area contributed by atoms with Gasteiger partial charge in [0.05, 0.1) is 17.7 Å². The summed E-state index contributed by atoms with van der Waals surface area (Å²) in [6, 6.07) is 12.3. The van der Waals surface area contributed by atoms with Crippen molar-refractivity contribution in [2.75, 3.05) is 17.1 Å². The molecule has 0 aliphatic rings. The van der Waals surface area contributed by atoms with E-state index in [1.165, 1.54) is 42.7 Å². The smallest absolute Gasteiger partial charge is 0.262 e. The van der Waals surface area contributed by atoms with Gasteiger partial charge >= 0.3 is 0 Å². The molecule has 0 bridgehead atoms.